The number of carboxylic acid groups (broad SMARTS) is 1. The Morgan fingerprint density at radius 2 is 1.61 bits per heavy atom. The predicted molar refractivity (Wildman–Crippen MR) is 171 cm³/mol. The van der Waals surface area contributed by atoms with Crippen molar-refractivity contribution in [3.63, 3.8) is 0 Å². The van der Waals surface area contributed by atoms with Gasteiger partial charge in [-0.1, -0.05) is 57.2 Å². The Kier molecular flexibility index (Phi) is 9.74. The molecule has 1 unspecified atom stereocenters. The molecule has 1 atom stereocenters. The minimum atomic E-state index is -4.41. The normalized spacial score (nSPS) is 21.2. The van der Waals surface area contributed by atoms with E-state index < -0.39 is 17.7 Å². The van der Waals surface area contributed by atoms with Gasteiger partial charge in [0.15, 0.2) is 0 Å². The number of aliphatic imine (C=N–C) groups is 1. The summed E-state index contributed by atoms with van der Waals surface area (Å²) >= 11 is 0. The van der Waals surface area contributed by atoms with Gasteiger partial charge in [0.2, 0.25) is 0 Å². The van der Waals surface area contributed by atoms with Crippen LogP contribution in [0, 0.1) is 11.3 Å². The second-order valence-corrected chi connectivity index (χ2v) is 13.1. The fourth-order valence-corrected chi connectivity index (χ4v) is 6.37. The average molecular weight is 636 g/mol. The van der Waals surface area contributed by atoms with Crippen molar-refractivity contribution < 1.29 is 32.6 Å². The molecule has 7 nitrogen and oxygen atoms in total. The monoisotopic (exact) mass is 635 g/mol. The summed E-state index contributed by atoms with van der Waals surface area (Å²) in [7, 11) is 0. The number of nitrogens with zero attached hydrogens (tertiary/aromatic N) is 2. The molecule has 0 spiro atoms. The number of carbonyl (C=O) groups excluding carboxylic acids is 1. The maximum absolute atomic E-state index is 13.3. The third-order valence-electron chi connectivity index (χ3n) is 9.04. The largest absolute Gasteiger partial charge is 0.481 e. The molecule has 1 aliphatic heterocycles. The van der Waals surface area contributed by atoms with Gasteiger partial charge in [0.1, 0.15) is 6.61 Å². The molecule has 2 fully saturated rings. The van der Waals surface area contributed by atoms with Gasteiger partial charge in [-0.3, -0.25) is 9.59 Å². The van der Waals surface area contributed by atoms with Crippen LogP contribution < -0.4 is 5.32 Å². The van der Waals surface area contributed by atoms with E-state index in [-0.39, 0.29) is 36.4 Å². The molecule has 3 aromatic rings. The number of benzene rings is 3. The average Bonchev–Trinajstić information content (AvgIpc) is 3.44. The Morgan fingerprint density at radius 1 is 0.935 bits per heavy atom. The minimum Gasteiger partial charge on any atom is -0.481 e. The Bertz CT molecular complexity index is 1560. The summed E-state index contributed by atoms with van der Waals surface area (Å²) in [6.07, 6.45) is -0.412. The number of carboxylic acids is 1. The van der Waals surface area contributed by atoms with Gasteiger partial charge in [-0.25, -0.2) is 0 Å². The molecule has 0 bridgehead atoms. The maximum Gasteiger partial charge on any atom is 0.416 e. The zero-order valence-corrected chi connectivity index (χ0v) is 26.3. The minimum absolute atomic E-state index is 0.0537. The molecule has 0 aromatic heterocycles. The highest BCUT2D eigenvalue weighted by Gasteiger charge is 2.41. The van der Waals surface area contributed by atoms with Crippen molar-refractivity contribution in [2.75, 3.05) is 13.2 Å². The third kappa shape index (κ3) is 7.89. The van der Waals surface area contributed by atoms with Crippen LogP contribution in [-0.2, 0) is 15.7 Å². The van der Waals surface area contributed by atoms with Gasteiger partial charge in [-0.2, -0.15) is 18.2 Å². The summed E-state index contributed by atoms with van der Waals surface area (Å²) in [6.45, 7) is 7.29. The summed E-state index contributed by atoms with van der Waals surface area (Å²) in [5.74, 6) is -0.685. The second kappa shape index (κ2) is 13.6. The highest BCUT2D eigenvalue weighted by atomic mass is 19.4. The molecule has 244 valence electrons. The number of ether oxygens (including phenoxy) is 1. The smallest absolute Gasteiger partial charge is 0.416 e. The van der Waals surface area contributed by atoms with Crippen LogP contribution in [0.2, 0.25) is 0 Å². The molecule has 2 N–H and O–H groups in total. The number of hydrogen-bond donors (Lipinski definition) is 2. The van der Waals surface area contributed by atoms with Crippen molar-refractivity contribution in [1.82, 2.24) is 10.2 Å². The lowest BCUT2D eigenvalue weighted by Crippen LogP contribution is -2.42. The number of carbonyl (C=O) groups is 2. The molecular formula is C36H40F3N3O4. The van der Waals surface area contributed by atoms with Gasteiger partial charge in [0, 0.05) is 18.2 Å². The first-order valence-electron chi connectivity index (χ1n) is 15.7. The van der Waals surface area contributed by atoms with Crippen molar-refractivity contribution >= 4 is 23.6 Å². The van der Waals surface area contributed by atoms with Crippen molar-refractivity contribution in [1.29, 1.82) is 0 Å². The summed E-state index contributed by atoms with van der Waals surface area (Å²) in [5.41, 5.74) is 2.72. The van der Waals surface area contributed by atoms with Crippen LogP contribution in [0.15, 0.2) is 77.8 Å². The van der Waals surface area contributed by atoms with E-state index in [1.807, 2.05) is 12.1 Å². The van der Waals surface area contributed by atoms with Crippen LogP contribution in [0.25, 0.3) is 11.1 Å². The Labute approximate surface area is 267 Å². The molecule has 2 aliphatic rings. The highest BCUT2D eigenvalue weighted by Crippen LogP contribution is 2.42. The zero-order valence-electron chi connectivity index (χ0n) is 26.3. The van der Waals surface area contributed by atoms with Gasteiger partial charge in [0.05, 0.1) is 23.7 Å². The van der Waals surface area contributed by atoms with E-state index in [1.54, 1.807) is 42.5 Å². The molecule has 1 aliphatic carbocycles. The number of amides is 1. The molecule has 1 heterocycles. The van der Waals surface area contributed by atoms with E-state index in [0.29, 0.717) is 40.9 Å². The van der Waals surface area contributed by atoms with Crippen LogP contribution in [0.4, 0.5) is 18.9 Å². The fraction of sp³-hybridized carbons (Fsp3) is 0.417. The lowest BCUT2D eigenvalue weighted by Gasteiger charge is -2.41. The van der Waals surface area contributed by atoms with Crippen LogP contribution >= 0.6 is 0 Å². The first-order chi connectivity index (χ1) is 21.8. The number of aliphatic carboxylic acids is 1. The summed E-state index contributed by atoms with van der Waals surface area (Å²) < 4.78 is 46.0. The molecule has 46 heavy (non-hydrogen) atoms. The van der Waals surface area contributed by atoms with E-state index in [2.05, 4.69) is 31.0 Å². The number of nitrogens with one attached hydrogen (secondary N) is 1. The van der Waals surface area contributed by atoms with E-state index in [1.165, 1.54) is 6.07 Å². The third-order valence-corrected chi connectivity index (χ3v) is 9.04. The number of alkyl halides is 3. The van der Waals surface area contributed by atoms with Crippen molar-refractivity contribution in [3.05, 3.63) is 89.5 Å². The molecule has 1 saturated carbocycles. The molecule has 10 heteroatoms. The Hall–Kier alpha value is -4.34. The number of amidine groups is 1. The lowest BCUT2D eigenvalue weighted by atomic mass is 9.71. The van der Waals surface area contributed by atoms with Crippen molar-refractivity contribution in [2.45, 2.75) is 71.1 Å². The molecule has 5 rings (SSSR count). The number of hydrogen-bond acceptors (Lipinski definition) is 4. The van der Waals surface area contributed by atoms with Gasteiger partial charge in [-0.05, 0) is 90.1 Å². The van der Waals surface area contributed by atoms with E-state index >= 15 is 0 Å². The lowest BCUT2D eigenvalue weighted by molar-refractivity contribution is -0.138. The van der Waals surface area contributed by atoms with E-state index in [9.17, 15) is 22.8 Å². The van der Waals surface area contributed by atoms with E-state index in [4.69, 9.17) is 14.8 Å². The first kappa shape index (κ1) is 33.0. The fourth-order valence-electron chi connectivity index (χ4n) is 6.37. The molecule has 0 radical (unpaired) electrons. The van der Waals surface area contributed by atoms with Crippen molar-refractivity contribution in [2.24, 2.45) is 16.3 Å². The zero-order chi connectivity index (χ0) is 33.1. The quantitative estimate of drug-likeness (QED) is 0.260. The maximum atomic E-state index is 13.3. The summed E-state index contributed by atoms with van der Waals surface area (Å²) in [5, 5.41) is 11.5. The summed E-state index contributed by atoms with van der Waals surface area (Å²) in [4.78, 5) is 30.4. The molecular weight excluding hydrogens is 595 g/mol. The standard InChI is InChI=1S/C36H40F3N3O4/c1-35(2,3)27-13-17-30(18-14-27)42-31(24-7-9-25(10-8-24)33(45)40-20-19-32(43)44)22-46-34(42)41-29-15-11-23(12-16-29)26-5-4-6-28(21-26)36(37,38)39/h4-12,15-16,21,27,30-31H,13-14,17-20,22H2,1-3H3,(H,40,45)(H,43,44). The van der Waals surface area contributed by atoms with E-state index in [0.717, 1.165) is 43.4 Å². The van der Waals surface area contributed by atoms with Crippen LogP contribution in [0.5, 0.6) is 0 Å². The summed E-state index contributed by atoms with van der Waals surface area (Å²) in [6, 6.07) is 20.2. The second-order valence-electron chi connectivity index (χ2n) is 13.1. The van der Waals surface area contributed by atoms with Gasteiger partial charge >= 0.3 is 12.1 Å². The molecule has 1 amide bonds. The first-order valence-corrected chi connectivity index (χ1v) is 15.7. The van der Waals surface area contributed by atoms with Gasteiger partial charge in [0.25, 0.3) is 11.9 Å². The van der Waals surface area contributed by atoms with Crippen LogP contribution in [0.1, 0.15) is 80.4 Å². The molecule has 3 aromatic carbocycles. The predicted octanol–water partition coefficient (Wildman–Crippen LogP) is 8.24. The number of halogens is 3. The SMILES string of the molecule is CC(C)(C)C1CCC(N2C(=Nc3ccc(-c4cccc(C(F)(F)F)c4)cc3)OCC2c2ccc(C(=O)NCCC(=O)O)cc2)CC1. The number of rotatable bonds is 8. The van der Waals surface area contributed by atoms with Crippen molar-refractivity contribution in [3.8, 4) is 11.1 Å². The highest BCUT2D eigenvalue weighted by molar-refractivity contribution is 5.94. The van der Waals surface area contributed by atoms with Crippen LogP contribution in [0.3, 0.4) is 0 Å². The van der Waals surface area contributed by atoms with Gasteiger partial charge < -0.3 is 20.1 Å². The molecule has 1 saturated heterocycles. The Balaban J connectivity index is 1.38. The van der Waals surface area contributed by atoms with Crippen LogP contribution in [-0.4, -0.2) is 47.1 Å². The Morgan fingerprint density at radius 3 is 2.22 bits per heavy atom. The van der Waals surface area contributed by atoms with Gasteiger partial charge in [-0.15, -0.1) is 0 Å². The topological polar surface area (TPSA) is 91.2 Å².